The van der Waals surface area contributed by atoms with E-state index in [0.29, 0.717) is 23.2 Å². The van der Waals surface area contributed by atoms with E-state index < -0.39 is 24.0 Å². The van der Waals surface area contributed by atoms with Gasteiger partial charge in [0.05, 0.1) is 23.8 Å². The molecule has 12 heteroatoms. The Labute approximate surface area is 175 Å². The van der Waals surface area contributed by atoms with Crippen molar-refractivity contribution in [3.8, 4) is 0 Å². The van der Waals surface area contributed by atoms with Gasteiger partial charge in [-0.25, -0.2) is 0 Å². The van der Waals surface area contributed by atoms with Gasteiger partial charge in [-0.2, -0.15) is 23.5 Å². The Hall–Kier alpha value is -1.50. The van der Waals surface area contributed by atoms with Gasteiger partial charge in [-0.15, -0.1) is 0 Å². The van der Waals surface area contributed by atoms with Crippen LogP contribution in [0.15, 0.2) is 9.98 Å². The van der Waals surface area contributed by atoms with Crippen molar-refractivity contribution < 1.29 is 19.8 Å². The fourth-order valence-corrected chi connectivity index (χ4v) is 3.54. The van der Waals surface area contributed by atoms with Crippen LogP contribution in [0.5, 0.6) is 0 Å². The minimum atomic E-state index is -0.969. The SMILES string of the molecule is CC(N)=N[C@@H](C)CSC[C@@H](N)C(=O)O.CC(N)=N[C@H](C)CSC[C@@H](N)C(=O)O. The molecule has 0 aliphatic rings. The number of thioether (sulfide) groups is 2. The van der Waals surface area contributed by atoms with Gasteiger partial charge >= 0.3 is 11.9 Å². The molecule has 0 aromatic heterocycles. The fourth-order valence-electron chi connectivity index (χ4n) is 1.64. The molecule has 0 spiro atoms. The number of aliphatic carboxylic acids is 2. The molecule has 10 nitrogen and oxygen atoms in total. The first-order valence-electron chi connectivity index (χ1n) is 8.58. The number of nitrogens with two attached hydrogens (primary N) is 4. The monoisotopic (exact) mass is 438 g/mol. The lowest BCUT2D eigenvalue weighted by Crippen LogP contribution is -2.32. The number of carboxylic acid groups (broad SMARTS) is 2. The predicted molar refractivity (Wildman–Crippen MR) is 119 cm³/mol. The minimum absolute atomic E-state index is 0.103. The van der Waals surface area contributed by atoms with Crippen LogP contribution >= 0.6 is 23.5 Å². The van der Waals surface area contributed by atoms with Crippen LogP contribution < -0.4 is 22.9 Å². The maximum atomic E-state index is 10.4. The lowest BCUT2D eigenvalue weighted by Gasteiger charge is -2.08. The second kappa shape index (κ2) is 16.5. The summed E-state index contributed by atoms with van der Waals surface area (Å²) in [7, 11) is 0. The molecule has 0 rings (SSSR count). The van der Waals surface area contributed by atoms with E-state index in [0.717, 1.165) is 11.5 Å². The number of aliphatic imine (C=N–C) groups is 2. The van der Waals surface area contributed by atoms with Gasteiger partial charge in [0.1, 0.15) is 12.1 Å². The molecule has 0 aliphatic heterocycles. The van der Waals surface area contributed by atoms with Crippen molar-refractivity contribution in [3.63, 3.8) is 0 Å². The summed E-state index contributed by atoms with van der Waals surface area (Å²) in [5, 5.41) is 17.0. The van der Waals surface area contributed by atoms with Gasteiger partial charge in [-0.1, -0.05) is 0 Å². The number of hydrogen-bond donors (Lipinski definition) is 6. The maximum Gasteiger partial charge on any atom is 0.321 e. The second-order valence-corrected chi connectivity index (χ2v) is 8.35. The van der Waals surface area contributed by atoms with Crippen LogP contribution in [-0.4, -0.2) is 81.0 Å². The number of nitrogens with zero attached hydrogens (tertiary/aromatic N) is 2. The molecule has 0 amide bonds. The van der Waals surface area contributed by atoms with Crippen LogP contribution in [-0.2, 0) is 9.59 Å². The highest BCUT2D eigenvalue weighted by Gasteiger charge is 2.12. The Morgan fingerprint density at radius 1 is 0.786 bits per heavy atom. The van der Waals surface area contributed by atoms with Gasteiger partial charge in [0.2, 0.25) is 0 Å². The van der Waals surface area contributed by atoms with Crippen molar-refractivity contribution in [2.45, 2.75) is 51.9 Å². The summed E-state index contributed by atoms with van der Waals surface area (Å²) in [5.41, 5.74) is 21.4. The quantitative estimate of drug-likeness (QED) is 0.175. The molecule has 0 saturated carbocycles. The van der Waals surface area contributed by atoms with Gasteiger partial charge in [0, 0.05) is 23.0 Å². The molecule has 0 radical (unpaired) electrons. The highest BCUT2D eigenvalue weighted by atomic mass is 32.2. The number of carboxylic acids is 2. The lowest BCUT2D eigenvalue weighted by molar-refractivity contribution is -0.138. The van der Waals surface area contributed by atoms with E-state index in [4.69, 9.17) is 33.1 Å². The first kappa shape index (κ1) is 28.7. The largest absolute Gasteiger partial charge is 0.480 e. The molecule has 164 valence electrons. The molecular formula is C16H34N6O4S2. The van der Waals surface area contributed by atoms with Crippen LogP contribution in [0.3, 0.4) is 0 Å². The summed E-state index contributed by atoms with van der Waals surface area (Å²) in [6.07, 6.45) is 0. The van der Waals surface area contributed by atoms with E-state index in [1.165, 1.54) is 23.5 Å². The summed E-state index contributed by atoms with van der Waals surface area (Å²) < 4.78 is 0. The zero-order valence-corrected chi connectivity index (χ0v) is 18.5. The van der Waals surface area contributed by atoms with Crippen molar-refractivity contribution in [1.29, 1.82) is 0 Å². The van der Waals surface area contributed by atoms with E-state index in [2.05, 4.69) is 9.98 Å². The van der Waals surface area contributed by atoms with E-state index >= 15 is 0 Å². The van der Waals surface area contributed by atoms with E-state index in [1.807, 2.05) is 13.8 Å². The molecule has 0 aromatic carbocycles. The minimum Gasteiger partial charge on any atom is -0.480 e. The molecule has 0 unspecified atom stereocenters. The van der Waals surface area contributed by atoms with E-state index in [-0.39, 0.29) is 12.1 Å². The van der Waals surface area contributed by atoms with Crippen LogP contribution in [0.2, 0.25) is 0 Å². The zero-order chi connectivity index (χ0) is 22.3. The Morgan fingerprint density at radius 3 is 1.29 bits per heavy atom. The van der Waals surface area contributed by atoms with Crippen LogP contribution in [0.25, 0.3) is 0 Å². The molecule has 0 saturated heterocycles. The molecule has 0 aliphatic carbocycles. The first-order valence-corrected chi connectivity index (χ1v) is 10.9. The van der Waals surface area contributed by atoms with Crippen LogP contribution in [0.4, 0.5) is 0 Å². The lowest BCUT2D eigenvalue weighted by atomic mass is 10.4. The highest BCUT2D eigenvalue weighted by Crippen LogP contribution is 2.07. The van der Waals surface area contributed by atoms with Crippen LogP contribution in [0, 0.1) is 0 Å². The van der Waals surface area contributed by atoms with Crippen molar-refractivity contribution in [1.82, 2.24) is 0 Å². The van der Waals surface area contributed by atoms with Crippen molar-refractivity contribution >= 4 is 47.1 Å². The summed E-state index contributed by atoms with van der Waals surface area (Å²) in [6, 6.07) is -1.39. The Morgan fingerprint density at radius 2 is 1.07 bits per heavy atom. The van der Waals surface area contributed by atoms with Gasteiger partial charge in [0.15, 0.2) is 0 Å². The maximum absolute atomic E-state index is 10.4. The first-order chi connectivity index (χ1) is 12.9. The average molecular weight is 439 g/mol. The average Bonchev–Trinajstić information content (AvgIpc) is 2.53. The van der Waals surface area contributed by atoms with Crippen molar-refractivity contribution in [2.24, 2.45) is 32.9 Å². The van der Waals surface area contributed by atoms with Gasteiger partial charge in [-0.05, 0) is 27.7 Å². The van der Waals surface area contributed by atoms with Gasteiger partial charge in [-0.3, -0.25) is 19.6 Å². The third-order valence-electron chi connectivity index (χ3n) is 2.80. The molecular weight excluding hydrogens is 404 g/mol. The standard InChI is InChI=1S/2C8H17N3O2S/c2*1-5(11-6(2)9)3-14-4-7(10)8(12)13/h2*5,7H,3-4,10H2,1-2H3,(H2,9,11)(H,12,13)/t5-,7+;5-,7-/m01/s1. The number of rotatable bonds is 12. The third-order valence-corrected chi connectivity index (χ3v) is 5.42. The second-order valence-electron chi connectivity index (χ2n) is 6.20. The van der Waals surface area contributed by atoms with Gasteiger partial charge in [0.25, 0.3) is 0 Å². The molecule has 4 atom stereocenters. The Bertz CT molecular complexity index is 479. The summed E-state index contributed by atoms with van der Waals surface area (Å²) in [4.78, 5) is 28.9. The fraction of sp³-hybridized carbons (Fsp3) is 0.750. The summed E-state index contributed by atoms with van der Waals surface area (Å²) in [5.74, 6) is 1.41. The van der Waals surface area contributed by atoms with E-state index in [9.17, 15) is 9.59 Å². The van der Waals surface area contributed by atoms with Crippen molar-refractivity contribution in [3.05, 3.63) is 0 Å². The molecule has 28 heavy (non-hydrogen) atoms. The molecule has 10 N–H and O–H groups in total. The molecule has 0 heterocycles. The van der Waals surface area contributed by atoms with Crippen LogP contribution in [0.1, 0.15) is 27.7 Å². The zero-order valence-electron chi connectivity index (χ0n) is 16.9. The van der Waals surface area contributed by atoms with Gasteiger partial charge < -0.3 is 33.1 Å². The topological polar surface area (TPSA) is 203 Å². The smallest absolute Gasteiger partial charge is 0.321 e. The molecule has 0 fully saturated rings. The van der Waals surface area contributed by atoms with Crippen molar-refractivity contribution in [2.75, 3.05) is 23.0 Å². The number of carbonyl (C=O) groups is 2. The molecule has 0 bridgehead atoms. The normalized spacial score (nSPS) is 16.4. The molecule has 0 aromatic rings. The number of hydrogen-bond acceptors (Lipinski definition) is 8. The predicted octanol–water partition coefficient (Wildman–Crippen LogP) is -0.206. The number of amidine groups is 2. The summed E-state index contributed by atoms with van der Waals surface area (Å²) >= 11 is 2.94. The van der Waals surface area contributed by atoms with E-state index in [1.54, 1.807) is 13.8 Å². The Kier molecular flexibility index (Phi) is 16.9. The summed E-state index contributed by atoms with van der Waals surface area (Å²) in [6.45, 7) is 7.31. The Balaban J connectivity index is 0. The highest BCUT2D eigenvalue weighted by molar-refractivity contribution is 7.99. The third kappa shape index (κ3) is 19.3.